The van der Waals surface area contributed by atoms with Gasteiger partial charge >= 0.3 is 0 Å². The van der Waals surface area contributed by atoms with Crippen LogP contribution in [0.15, 0.2) is 23.2 Å². The average molecular weight is 373 g/mol. The van der Waals surface area contributed by atoms with E-state index in [0.717, 1.165) is 33.9 Å². The van der Waals surface area contributed by atoms with Crippen LogP contribution < -0.4 is 4.90 Å². The fraction of sp³-hybridized carbons (Fsp3) is 0.316. The minimum Gasteiger partial charge on any atom is -0.268 e. The van der Waals surface area contributed by atoms with Gasteiger partial charge in [-0.25, -0.2) is 9.88 Å². The molecule has 0 N–H and O–H groups in total. The Labute approximate surface area is 155 Å². The maximum absolute atomic E-state index is 13.1. The Morgan fingerprint density at radius 3 is 2.72 bits per heavy atom. The van der Waals surface area contributed by atoms with Gasteiger partial charge in [0, 0.05) is 10.8 Å². The number of fused-ring (bicyclic) bond motifs is 2. The summed E-state index contributed by atoms with van der Waals surface area (Å²) in [5, 5.41) is 1.46. The molecule has 4 nitrogen and oxygen atoms in total. The molecular formula is C19H17ClN2O2S. The normalized spacial score (nSPS) is 15.7. The fourth-order valence-electron chi connectivity index (χ4n) is 3.51. The number of aryl methyl sites for hydroxylation is 2. The first kappa shape index (κ1) is 16.6. The molecule has 2 aliphatic rings. The van der Waals surface area contributed by atoms with Gasteiger partial charge in [-0.1, -0.05) is 31.5 Å². The van der Waals surface area contributed by atoms with Gasteiger partial charge in [-0.15, -0.1) is 11.8 Å². The number of hydrogen-bond donors (Lipinski definition) is 0. The predicted molar refractivity (Wildman–Crippen MR) is 100 cm³/mol. The Morgan fingerprint density at radius 2 is 2.00 bits per heavy atom. The molecule has 0 atom stereocenters. The molecule has 3 heterocycles. The lowest BCUT2D eigenvalue weighted by atomic mass is 10.0. The lowest BCUT2D eigenvalue weighted by Gasteiger charge is -2.22. The molecule has 2 aromatic rings. The molecule has 0 unspecified atom stereocenters. The third-order valence-electron chi connectivity index (χ3n) is 4.78. The monoisotopic (exact) mass is 372 g/mol. The van der Waals surface area contributed by atoms with Gasteiger partial charge in [0.1, 0.15) is 10.7 Å². The van der Waals surface area contributed by atoms with Crippen molar-refractivity contribution in [1.82, 2.24) is 4.98 Å². The summed E-state index contributed by atoms with van der Waals surface area (Å²) in [5.41, 5.74) is 4.15. The van der Waals surface area contributed by atoms with Crippen molar-refractivity contribution in [3.8, 4) is 0 Å². The highest BCUT2D eigenvalue weighted by molar-refractivity contribution is 7.99. The molecule has 0 radical (unpaired) electrons. The molecule has 0 bridgehead atoms. The second kappa shape index (κ2) is 6.15. The second-order valence-electron chi connectivity index (χ2n) is 6.13. The predicted octanol–water partition coefficient (Wildman–Crippen LogP) is 4.31. The van der Waals surface area contributed by atoms with Crippen LogP contribution in [0.1, 0.15) is 51.4 Å². The quantitative estimate of drug-likeness (QED) is 0.753. The topological polar surface area (TPSA) is 50.3 Å². The zero-order chi connectivity index (χ0) is 17.7. The van der Waals surface area contributed by atoms with Crippen LogP contribution in [0.25, 0.3) is 0 Å². The molecule has 0 saturated carbocycles. The van der Waals surface area contributed by atoms with E-state index in [9.17, 15) is 9.59 Å². The first-order chi connectivity index (χ1) is 12.1. The fourth-order valence-corrected chi connectivity index (χ4v) is 4.81. The number of carbonyl (C=O) groups is 2. The van der Waals surface area contributed by atoms with E-state index >= 15 is 0 Å². The summed E-state index contributed by atoms with van der Waals surface area (Å²) in [6.07, 6.45) is 2.25. The van der Waals surface area contributed by atoms with Crippen molar-refractivity contribution in [2.24, 2.45) is 0 Å². The third-order valence-corrected chi connectivity index (χ3v) is 6.17. The Balaban J connectivity index is 1.90. The molecular weight excluding hydrogens is 356 g/mol. The number of hydrogen-bond acceptors (Lipinski definition) is 4. The molecule has 0 spiro atoms. The van der Waals surface area contributed by atoms with E-state index in [1.54, 1.807) is 11.8 Å². The van der Waals surface area contributed by atoms with E-state index in [-0.39, 0.29) is 17.5 Å². The number of rotatable bonds is 3. The van der Waals surface area contributed by atoms with Crippen molar-refractivity contribution in [2.75, 3.05) is 10.7 Å². The molecule has 2 aliphatic heterocycles. The van der Waals surface area contributed by atoms with Crippen molar-refractivity contribution >= 4 is 40.9 Å². The molecule has 1 aromatic heterocycles. The smallest absolute Gasteiger partial charge is 0.268 e. The van der Waals surface area contributed by atoms with Gasteiger partial charge in [0.05, 0.1) is 11.3 Å². The summed E-state index contributed by atoms with van der Waals surface area (Å²) in [7, 11) is 0. The highest BCUT2D eigenvalue weighted by Crippen LogP contribution is 2.39. The molecule has 128 valence electrons. The maximum atomic E-state index is 13.1. The van der Waals surface area contributed by atoms with E-state index in [4.69, 9.17) is 11.6 Å². The van der Waals surface area contributed by atoms with Gasteiger partial charge in [0.25, 0.3) is 11.8 Å². The molecule has 1 aromatic carbocycles. The van der Waals surface area contributed by atoms with Crippen LogP contribution in [-0.4, -0.2) is 22.6 Å². The Bertz CT molecular complexity index is 883. The summed E-state index contributed by atoms with van der Waals surface area (Å²) < 4.78 is 0. The van der Waals surface area contributed by atoms with Crippen LogP contribution in [0.3, 0.4) is 0 Å². The van der Waals surface area contributed by atoms with Crippen molar-refractivity contribution < 1.29 is 9.59 Å². The van der Waals surface area contributed by atoms with Gasteiger partial charge in [0.2, 0.25) is 0 Å². The first-order valence-electron chi connectivity index (χ1n) is 8.42. The standard InChI is InChI=1S/C19H17ClN2O2S/c1-3-10-5-6-14(20)12(4-2)16(10)22-18(23)13-9-11-7-8-25-17(11)21-15(13)19(22)24/h5-6,9H,3-4,7-8H2,1-2H3. The van der Waals surface area contributed by atoms with E-state index in [2.05, 4.69) is 4.98 Å². The number of anilines is 1. The van der Waals surface area contributed by atoms with Crippen LogP contribution >= 0.6 is 23.4 Å². The van der Waals surface area contributed by atoms with E-state index in [1.165, 1.54) is 4.90 Å². The number of imide groups is 1. The number of thioether (sulfide) groups is 1. The second-order valence-corrected chi connectivity index (χ2v) is 7.62. The molecule has 6 heteroatoms. The highest BCUT2D eigenvalue weighted by Gasteiger charge is 2.41. The lowest BCUT2D eigenvalue weighted by molar-refractivity contribution is 0.0924. The van der Waals surface area contributed by atoms with E-state index < -0.39 is 0 Å². The lowest BCUT2D eigenvalue weighted by Crippen LogP contribution is -2.31. The summed E-state index contributed by atoms with van der Waals surface area (Å²) in [6, 6.07) is 5.58. The summed E-state index contributed by atoms with van der Waals surface area (Å²) >= 11 is 8.00. The first-order valence-corrected chi connectivity index (χ1v) is 9.78. The van der Waals surface area contributed by atoms with Gasteiger partial charge in [-0.05, 0) is 48.1 Å². The molecule has 2 amide bonds. The largest absolute Gasteiger partial charge is 0.284 e. The van der Waals surface area contributed by atoms with Crippen LogP contribution in [0, 0.1) is 0 Å². The van der Waals surface area contributed by atoms with Crippen LogP contribution in [0.4, 0.5) is 5.69 Å². The summed E-state index contributed by atoms with van der Waals surface area (Å²) in [6.45, 7) is 3.99. The molecule has 4 rings (SSSR count). The highest BCUT2D eigenvalue weighted by atomic mass is 35.5. The maximum Gasteiger partial charge on any atom is 0.284 e. The van der Waals surface area contributed by atoms with Crippen molar-refractivity contribution in [3.63, 3.8) is 0 Å². The van der Waals surface area contributed by atoms with Crippen LogP contribution in [0.2, 0.25) is 5.02 Å². The van der Waals surface area contributed by atoms with Gasteiger partial charge in [-0.3, -0.25) is 9.59 Å². The SMILES string of the molecule is CCc1ccc(Cl)c(CC)c1N1C(=O)c2cc3c(nc2C1=O)SCC3. The summed E-state index contributed by atoms with van der Waals surface area (Å²) in [4.78, 5) is 31.9. The van der Waals surface area contributed by atoms with Gasteiger partial charge in [-0.2, -0.15) is 0 Å². The summed E-state index contributed by atoms with van der Waals surface area (Å²) in [5.74, 6) is 0.312. The van der Waals surface area contributed by atoms with Crippen molar-refractivity contribution in [2.45, 2.75) is 38.1 Å². The minimum absolute atomic E-state index is 0.266. The number of benzene rings is 1. The van der Waals surface area contributed by atoms with E-state index in [1.807, 2.05) is 32.0 Å². The number of pyridine rings is 1. The van der Waals surface area contributed by atoms with Gasteiger partial charge in [0.15, 0.2) is 0 Å². The van der Waals surface area contributed by atoms with Crippen LogP contribution in [-0.2, 0) is 19.3 Å². The number of amides is 2. The molecule has 0 saturated heterocycles. The van der Waals surface area contributed by atoms with Crippen molar-refractivity contribution in [3.05, 3.63) is 51.2 Å². The Kier molecular flexibility index (Phi) is 4.08. The van der Waals surface area contributed by atoms with Gasteiger partial charge < -0.3 is 0 Å². The van der Waals surface area contributed by atoms with E-state index in [0.29, 0.717) is 29.1 Å². The number of nitrogens with zero attached hydrogens (tertiary/aromatic N) is 2. The molecule has 0 aliphatic carbocycles. The number of carbonyl (C=O) groups excluding carboxylic acids is 2. The van der Waals surface area contributed by atoms with Crippen LogP contribution in [0.5, 0.6) is 0 Å². The number of aromatic nitrogens is 1. The van der Waals surface area contributed by atoms with Crippen molar-refractivity contribution in [1.29, 1.82) is 0 Å². The zero-order valence-corrected chi connectivity index (χ0v) is 15.6. The molecule has 25 heavy (non-hydrogen) atoms. The Hall–Kier alpha value is -1.85. The Morgan fingerprint density at radius 1 is 1.20 bits per heavy atom. The number of halogens is 1. The minimum atomic E-state index is -0.345. The molecule has 0 fully saturated rings. The average Bonchev–Trinajstić information content (AvgIpc) is 3.16. The zero-order valence-electron chi connectivity index (χ0n) is 14.1. The third kappa shape index (κ3) is 2.41.